The van der Waals surface area contributed by atoms with E-state index in [4.69, 9.17) is 4.74 Å². The lowest BCUT2D eigenvalue weighted by atomic mass is 9.69. The van der Waals surface area contributed by atoms with Crippen LogP contribution in [0.4, 0.5) is 0 Å². The molecule has 2 heteroatoms. The largest absolute Gasteiger partial charge is 0.379 e. The highest BCUT2D eigenvalue weighted by Gasteiger charge is 2.31. The van der Waals surface area contributed by atoms with Crippen LogP contribution in [0.3, 0.4) is 0 Å². The summed E-state index contributed by atoms with van der Waals surface area (Å²) in [4.78, 5) is 0. The molecule has 2 rings (SSSR count). The first-order valence-electron chi connectivity index (χ1n) is 8.10. The zero-order chi connectivity index (χ0) is 12.8. The van der Waals surface area contributed by atoms with Crippen LogP contribution < -0.4 is 5.32 Å². The van der Waals surface area contributed by atoms with Crippen molar-refractivity contribution in [3.63, 3.8) is 0 Å². The number of ether oxygens (including phenoxy) is 1. The molecule has 1 N–H and O–H groups in total. The van der Waals surface area contributed by atoms with Gasteiger partial charge < -0.3 is 10.1 Å². The number of rotatable bonds is 6. The zero-order valence-corrected chi connectivity index (χ0v) is 12.3. The molecule has 0 aromatic rings. The second-order valence-electron chi connectivity index (χ2n) is 6.54. The third kappa shape index (κ3) is 4.55. The average Bonchev–Trinajstić information content (AvgIpc) is 2.38. The standard InChI is InChI=1S/C16H31NO/c1-13(2)18-11-5-10-17-16-9-8-14-6-3-4-7-15(14)12-16/h13-17H,3-12H2,1-2H3. The molecule has 0 aromatic carbocycles. The molecule has 0 bridgehead atoms. The van der Waals surface area contributed by atoms with Crippen LogP contribution in [0.25, 0.3) is 0 Å². The fourth-order valence-electron chi connectivity index (χ4n) is 3.76. The van der Waals surface area contributed by atoms with Gasteiger partial charge in [-0.15, -0.1) is 0 Å². The van der Waals surface area contributed by atoms with Gasteiger partial charge in [0.25, 0.3) is 0 Å². The van der Waals surface area contributed by atoms with Crippen LogP contribution >= 0.6 is 0 Å². The average molecular weight is 253 g/mol. The summed E-state index contributed by atoms with van der Waals surface area (Å²) in [5, 5.41) is 3.75. The Morgan fingerprint density at radius 1 is 1.06 bits per heavy atom. The minimum absolute atomic E-state index is 0.377. The number of hydrogen-bond donors (Lipinski definition) is 1. The third-order valence-corrected chi connectivity index (χ3v) is 4.74. The lowest BCUT2D eigenvalue weighted by Gasteiger charge is -2.39. The summed E-state index contributed by atoms with van der Waals surface area (Å²) in [5.74, 6) is 2.11. The molecule has 106 valence electrons. The molecule has 3 unspecified atom stereocenters. The second-order valence-corrected chi connectivity index (χ2v) is 6.54. The Bertz CT molecular complexity index is 229. The van der Waals surface area contributed by atoms with Gasteiger partial charge in [-0.25, -0.2) is 0 Å². The topological polar surface area (TPSA) is 21.3 Å². The third-order valence-electron chi connectivity index (χ3n) is 4.74. The maximum absolute atomic E-state index is 5.58. The van der Waals surface area contributed by atoms with Crippen molar-refractivity contribution in [2.75, 3.05) is 13.2 Å². The highest BCUT2D eigenvalue weighted by Crippen LogP contribution is 2.40. The van der Waals surface area contributed by atoms with Crippen molar-refractivity contribution in [3.8, 4) is 0 Å². The molecule has 0 saturated heterocycles. The quantitative estimate of drug-likeness (QED) is 0.728. The lowest BCUT2D eigenvalue weighted by Crippen LogP contribution is -2.39. The molecule has 18 heavy (non-hydrogen) atoms. The molecule has 0 aromatic heterocycles. The molecule has 2 nitrogen and oxygen atoms in total. The number of nitrogens with one attached hydrogen (secondary N) is 1. The monoisotopic (exact) mass is 253 g/mol. The molecule has 2 aliphatic rings. The SMILES string of the molecule is CC(C)OCCCNC1CCC2CCCCC2C1. The summed E-state index contributed by atoms with van der Waals surface area (Å²) < 4.78 is 5.58. The van der Waals surface area contributed by atoms with Gasteiger partial charge in [0.1, 0.15) is 0 Å². The second kappa shape index (κ2) is 7.49. The normalized spacial score (nSPS) is 32.5. The smallest absolute Gasteiger partial charge is 0.0518 e. The summed E-state index contributed by atoms with van der Waals surface area (Å²) in [6.45, 7) is 6.26. The molecule has 0 aliphatic heterocycles. The summed E-state index contributed by atoms with van der Waals surface area (Å²) in [6.07, 6.45) is 11.8. The Morgan fingerprint density at radius 3 is 2.61 bits per heavy atom. The minimum atomic E-state index is 0.377. The first-order valence-corrected chi connectivity index (χ1v) is 8.10. The van der Waals surface area contributed by atoms with Crippen molar-refractivity contribution in [2.45, 2.75) is 77.4 Å². The Balaban J connectivity index is 1.57. The van der Waals surface area contributed by atoms with Crippen LogP contribution in [0.2, 0.25) is 0 Å². The van der Waals surface area contributed by atoms with E-state index in [2.05, 4.69) is 19.2 Å². The van der Waals surface area contributed by atoms with E-state index in [1.54, 1.807) is 0 Å². The van der Waals surface area contributed by atoms with Gasteiger partial charge in [-0.3, -0.25) is 0 Å². The van der Waals surface area contributed by atoms with Crippen LogP contribution in [0.1, 0.15) is 65.2 Å². The van der Waals surface area contributed by atoms with Gasteiger partial charge >= 0.3 is 0 Å². The molecule has 0 spiro atoms. The van der Waals surface area contributed by atoms with Crippen molar-refractivity contribution in [1.29, 1.82) is 0 Å². The van der Waals surface area contributed by atoms with Gasteiger partial charge in [0.05, 0.1) is 6.10 Å². The van der Waals surface area contributed by atoms with Crippen LogP contribution in [0.15, 0.2) is 0 Å². The van der Waals surface area contributed by atoms with Gasteiger partial charge in [-0.2, -0.15) is 0 Å². The maximum atomic E-state index is 5.58. The van der Waals surface area contributed by atoms with E-state index in [0.717, 1.165) is 37.5 Å². The molecule has 0 radical (unpaired) electrons. The fraction of sp³-hybridized carbons (Fsp3) is 1.00. The summed E-state index contributed by atoms with van der Waals surface area (Å²) >= 11 is 0. The molecule has 2 saturated carbocycles. The van der Waals surface area contributed by atoms with Gasteiger partial charge in [0, 0.05) is 12.6 Å². The van der Waals surface area contributed by atoms with E-state index in [1.807, 2.05) is 0 Å². The summed E-state index contributed by atoms with van der Waals surface area (Å²) in [6, 6.07) is 0.795. The maximum Gasteiger partial charge on any atom is 0.0518 e. The molecular weight excluding hydrogens is 222 g/mol. The van der Waals surface area contributed by atoms with E-state index in [1.165, 1.54) is 44.9 Å². The van der Waals surface area contributed by atoms with E-state index in [0.29, 0.717) is 6.10 Å². The van der Waals surface area contributed by atoms with E-state index < -0.39 is 0 Å². The van der Waals surface area contributed by atoms with Gasteiger partial charge in [-0.1, -0.05) is 25.7 Å². The van der Waals surface area contributed by atoms with Crippen LogP contribution in [-0.4, -0.2) is 25.3 Å². The Labute approximate surface area is 113 Å². The Hall–Kier alpha value is -0.0800. The van der Waals surface area contributed by atoms with Crippen molar-refractivity contribution >= 4 is 0 Å². The van der Waals surface area contributed by atoms with Gasteiger partial charge in [0.15, 0.2) is 0 Å². The minimum Gasteiger partial charge on any atom is -0.379 e. The highest BCUT2D eigenvalue weighted by atomic mass is 16.5. The highest BCUT2D eigenvalue weighted by molar-refractivity contribution is 4.86. The van der Waals surface area contributed by atoms with Gasteiger partial charge in [0.2, 0.25) is 0 Å². The lowest BCUT2D eigenvalue weighted by molar-refractivity contribution is 0.0754. The number of hydrogen-bond acceptors (Lipinski definition) is 2. The van der Waals surface area contributed by atoms with Crippen LogP contribution in [-0.2, 0) is 4.74 Å². The predicted molar refractivity (Wildman–Crippen MR) is 76.8 cm³/mol. The van der Waals surface area contributed by atoms with Gasteiger partial charge in [-0.05, 0) is 57.9 Å². The summed E-state index contributed by atoms with van der Waals surface area (Å²) in [7, 11) is 0. The fourth-order valence-corrected chi connectivity index (χ4v) is 3.76. The Morgan fingerprint density at radius 2 is 1.83 bits per heavy atom. The van der Waals surface area contributed by atoms with Crippen molar-refractivity contribution in [1.82, 2.24) is 5.32 Å². The Kier molecular flexibility index (Phi) is 5.97. The van der Waals surface area contributed by atoms with Crippen molar-refractivity contribution in [2.24, 2.45) is 11.8 Å². The first-order chi connectivity index (χ1) is 8.75. The van der Waals surface area contributed by atoms with E-state index in [-0.39, 0.29) is 0 Å². The zero-order valence-electron chi connectivity index (χ0n) is 12.3. The summed E-state index contributed by atoms with van der Waals surface area (Å²) in [5.41, 5.74) is 0. The molecule has 2 aliphatic carbocycles. The van der Waals surface area contributed by atoms with Crippen LogP contribution in [0.5, 0.6) is 0 Å². The molecule has 2 fully saturated rings. The molecule has 3 atom stereocenters. The number of fused-ring (bicyclic) bond motifs is 1. The van der Waals surface area contributed by atoms with E-state index in [9.17, 15) is 0 Å². The van der Waals surface area contributed by atoms with Crippen LogP contribution in [0, 0.1) is 11.8 Å². The van der Waals surface area contributed by atoms with Crippen molar-refractivity contribution < 1.29 is 4.74 Å². The molecule has 0 heterocycles. The first kappa shape index (κ1) is 14.3. The molecule has 0 amide bonds. The van der Waals surface area contributed by atoms with Crippen molar-refractivity contribution in [3.05, 3.63) is 0 Å². The molecular formula is C16H31NO. The predicted octanol–water partition coefficient (Wildman–Crippen LogP) is 3.75. The van der Waals surface area contributed by atoms with E-state index >= 15 is 0 Å².